The fraction of sp³-hybridized carbons (Fsp3) is 0.500. The van der Waals surface area contributed by atoms with Crippen molar-refractivity contribution < 1.29 is 27.4 Å². The van der Waals surface area contributed by atoms with Crippen LogP contribution in [0.25, 0.3) is 0 Å². The Hall–Kier alpha value is -2.98. The number of amides is 1. The summed E-state index contributed by atoms with van der Waals surface area (Å²) in [5.41, 5.74) is -0.436. The molecule has 1 saturated heterocycles. The topological polar surface area (TPSA) is 78.6 Å². The van der Waals surface area contributed by atoms with Gasteiger partial charge < -0.3 is 14.4 Å². The molecule has 1 amide bonds. The molecule has 2 aromatic rings. The maximum atomic E-state index is 13.0. The maximum absolute atomic E-state index is 13.0. The summed E-state index contributed by atoms with van der Waals surface area (Å²) in [6, 6.07) is 4.33. The number of carbonyl (C=O) groups is 1. The summed E-state index contributed by atoms with van der Waals surface area (Å²) >= 11 is 0. The number of aromatic nitrogens is 3. The van der Waals surface area contributed by atoms with Crippen LogP contribution in [0, 0.1) is 0 Å². The quantitative estimate of drug-likeness (QED) is 0.766. The molecule has 0 radical (unpaired) electrons. The predicted molar refractivity (Wildman–Crippen MR) is 96.2 cm³/mol. The van der Waals surface area contributed by atoms with Gasteiger partial charge in [-0.1, -0.05) is 0 Å². The first-order valence-corrected chi connectivity index (χ1v) is 8.90. The number of hydrogen-bond acceptors (Lipinski definition) is 5. The van der Waals surface area contributed by atoms with Crippen LogP contribution in [0.15, 0.2) is 23.0 Å². The lowest BCUT2D eigenvalue weighted by Crippen LogP contribution is -2.41. The summed E-state index contributed by atoms with van der Waals surface area (Å²) < 4.78 is 50.7. The molecule has 0 saturated carbocycles. The maximum Gasteiger partial charge on any atom is 0.451 e. The van der Waals surface area contributed by atoms with E-state index < -0.39 is 23.7 Å². The van der Waals surface area contributed by atoms with Crippen molar-refractivity contribution in [3.8, 4) is 11.5 Å². The van der Waals surface area contributed by atoms with Crippen molar-refractivity contribution in [1.29, 1.82) is 0 Å². The van der Waals surface area contributed by atoms with Gasteiger partial charge in [-0.05, 0) is 25.0 Å². The monoisotopic (exact) mass is 414 g/mol. The van der Waals surface area contributed by atoms with E-state index in [1.165, 1.54) is 14.2 Å². The molecule has 158 valence electrons. The van der Waals surface area contributed by atoms with E-state index in [2.05, 4.69) is 5.10 Å². The van der Waals surface area contributed by atoms with Crippen LogP contribution < -0.4 is 15.2 Å². The highest BCUT2D eigenvalue weighted by Crippen LogP contribution is 2.29. The predicted octanol–water partition coefficient (Wildman–Crippen LogP) is 2.10. The lowest BCUT2D eigenvalue weighted by molar-refractivity contribution is -0.147. The molecule has 8 nitrogen and oxygen atoms in total. The van der Waals surface area contributed by atoms with Gasteiger partial charge in [-0.15, -0.1) is 5.10 Å². The molecular weight excluding hydrogens is 393 g/mol. The molecule has 0 atom stereocenters. The molecule has 11 heteroatoms. The zero-order valence-corrected chi connectivity index (χ0v) is 16.2. The van der Waals surface area contributed by atoms with Crippen LogP contribution in [0.2, 0.25) is 0 Å². The largest absolute Gasteiger partial charge is 0.497 e. The fourth-order valence-corrected chi connectivity index (χ4v) is 3.37. The van der Waals surface area contributed by atoms with E-state index in [9.17, 15) is 22.8 Å². The number of carbonyl (C=O) groups excluding carboxylic acids is 1. The minimum absolute atomic E-state index is 0.245. The molecule has 0 spiro atoms. The highest BCUT2D eigenvalue weighted by atomic mass is 19.4. The second-order valence-corrected chi connectivity index (χ2v) is 6.73. The Bertz CT molecular complexity index is 937. The zero-order chi connectivity index (χ0) is 21.3. The van der Waals surface area contributed by atoms with Gasteiger partial charge in [0.05, 0.1) is 20.3 Å². The molecule has 1 fully saturated rings. The summed E-state index contributed by atoms with van der Waals surface area (Å²) in [5, 5.41) is 3.48. The van der Waals surface area contributed by atoms with Gasteiger partial charge >= 0.3 is 11.9 Å². The van der Waals surface area contributed by atoms with Gasteiger partial charge in [0, 0.05) is 31.8 Å². The Morgan fingerprint density at radius 1 is 1.10 bits per heavy atom. The molecule has 0 unspecified atom stereocenters. The molecule has 1 aromatic carbocycles. The van der Waals surface area contributed by atoms with Crippen molar-refractivity contribution in [2.24, 2.45) is 7.05 Å². The molecular formula is C18H21F3N4O4. The summed E-state index contributed by atoms with van der Waals surface area (Å²) in [6.07, 6.45) is -4.07. The van der Waals surface area contributed by atoms with Gasteiger partial charge in [0.15, 0.2) is 0 Å². The van der Waals surface area contributed by atoms with Crippen LogP contribution in [-0.4, -0.2) is 52.5 Å². The number of methoxy groups -OCH3 is 2. The third kappa shape index (κ3) is 4.08. The third-order valence-corrected chi connectivity index (χ3v) is 4.95. The Morgan fingerprint density at radius 3 is 2.10 bits per heavy atom. The van der Waals surface area contributed by atoms with Gasteiger partial charge in [0.25, 0.3) is 5.91 Å². The molecule has 1 aliphatic rings. The van der Waals surface area contributed by atoms with Gasteiger partial charge in [0.1, 0.15) is 11.5 Å². The minimum atomic E-state index is -4.71. The standard InChI is InChI=1S/C18H21F3N4O4/c1-23-16(18(19,20)21)22-25(17(23)27)12-4-6-24(7-5-12)15(26)11-8-13(28-2)10-14(9-11)29-3/h8-10,12H,4-7H2,1-3H3. The Morgan fingerprint density at radius 2 is 1.66 bits per heavy atom. The van der Waals surface area contributed by atoms with Crippen molar-refractivity contribution in [3.05, 3.63) is 40.1 Å². The van der Waals surface area contributed by atoms with Gasteiger partial charge in [0.2, 0.25) is 5.82 Å². The first kappa shape index (κ1) is 20.7. The summed E-state index contributed by atoms with van der Waals surface area (Å²) in [5.74, 6) is -0.529. The van der Waals surface area contributed by atoms with Crippen LogP contribution in [-0.2, 0) is 13.2 Å². The molecule has 29 heavy (non-hydrogen) atoms. The molecule has 2 heterocycles. The van der Waals surface area contributed by atoms with Crippen molar-refractivity contribution >= 4 is 5.91 Å². The number of nitrogens with zero attached hydrogens (tertiary/aromatic N) is 4. The van der Waals surface area contributed by atoms with Gasteiger partial charge in [-0.25, -0.2) is 9.48 Å². The highest BCUT2D eigenvalue weighted by molar-refractivity contribution is 5.95. The highest BCUT2D eigenvalue weighted by Gasteiger charge is 2.39. The van der Waals surface area contributed by atoms with Crippen molar-refractivity contribution in [1.82, 2.24) is 19.2 Å². The number of benzene rings is 1. The number of hydrogen-bond donors (Lipinski definition) is 0. The Kier molecular flexibility index (Phi) is 5.58. The summed E-state index contributed by atoms with van der Waals surface area (Å²) in [7, 11) is 4.01. The van der Waals surface area contributed by atoms with E-state index in [0.717, 1.165) is 11.7 Å². The average Bonchev–Trinajstić information content (AvgIpc) is 3.02. The molecule has 1 aromatic heterocycles. The number of piperidine rings is 1. The number of alkyl halides is 3. The van der Waals surface area contributed by atoms with E-state index >= 15 is 0 Å². The van der Waals surface area contributed by atoms with Crippen LogP contribution in [0.3, 0.4) is 0 Å². The second kappa shape index (κ2) is 7.80. The summed E-state index contributed by atoms with van der Waals surface area (Å²) in [6.45, 7) is 0.570. The van der Waals surface area contributed by atoms with Gasteiger partial charge in [-0.2, -0.15) is 13.2 Å². The van der Waals surface area contributed by atoms with Crippen molar-refractivity contribution in [2.45, 2.75) is 25.1 Å². The lowest BCUT2D eigenvalue weighted by atomic mass is 10.0. The Balaban J connectivity index is 1.75. The van der Waals surface area contributed by atoms with E-state index in [1.807, 2.05) is 0 Å². The minimum Gasteiger partial charge on any atom is -0.497 e. The SMILES string of the molecule is COc1cc(OC)cc(C(=O)N2CCC(n3nc(C(F)(F)F)n(C)c3=O)CC2)c1. The van der Waals surface area contributed by atoms with E-state index in [1.54, 1.807) is 23.1 Å². The number of halogens is 3. The lowest BCUT2D eigenvalue weighted by Gasteiger charge is -2.31. The van der Waals surface area contributed by atoms with Crippen molar-refractivity contribution in [3.63, 3.8) is 0 Å². The molecule has 0 bridgehead atoms. The Labute approximate surface area is 164 Å². The molecule has 0 aliphatic carbocycles. The van der Waals surface area contributed by atoms with Crippen LogP contribution in [0.5, 0.6) is 11.5 Å². The second-order valence-electron chi connectivity index (χ2n) is 6.73. The van der Waals surface area contributed by atoms with E-state index in [0.29, 0.717) is 34.5 Å². The smallest absolute Gasteiger partial charge is 0.451 e. The van der Waals surface area contributed by atoms with Crippen LogP contribution in [0.4, 0.5) is 13.2 Å². The van der Waals surface area contributed by atoms with E-state index in [4.69, 9.17) is 9.47 Å². The normalized spacial score (nSPS) is 15.4. The molecule has 1 aliphatic heterocycles. The van der Waals surface area contributed by atoms with Crippen LogP contribution >= 0.6 is 0 Å². The first-order chi connectivity index (χ1) is 13.7. The molecule has 0 N–H and O–H groups in total. The average molecular weight is 414 g/mol. The number of ether oxygens (including phenoxy) is 2. The summed E-state index contributed by atoms with van der Waals surface area (Å²) in [4.78, 5) is 26.6. The van der Waals surface area contributed by atoms with Crippen molar-refractivity contribution in [2.75, 3.05) is 27.3 Å². The first-order valence-electron chi connectivity index (χ1n) is 8.90. The van der Waals surface area contributed by atoms with Gasteiger partial charge in [-0.3, -0.25) is 9.36 Å². The number of rotatable bonds is 4. The fourth-order valence-electron chi connectivity index (χ4n) is 3.37. The van der Waals surface area contributed by atoms with E-state index in [-0.39, 0.29) is 19.0 Å². The zero-order valence-electron chi connectivity index (χ0n) is 16.2. The third-order valence-electron chi connectivity index (χ3n) is 4.95. The molecule has 3 rings (SSSR count). The number of likely N-dealkylation sites (tertiary alicyclic amines) is 1. The van der Waals surface area contributed by atoms with Crippen LogP contribution in [0.1, 0.15) is 35.1 Å².